The van der Waals surface area contributed by atoms with E-state index in [9.17, 15) is 18.0 Å². The van der Waals surface area contributed by atoms with Crippen molar-refractivity contribution in [1.82, 2.24) is 15.0 Å². The van der Waals surface area contributed by atoms with Crippen LogP contribution < -0.4 is 14.8 Å². The van der Waals surface area contributed by atoms with E-state index in [1.807, 2.05) is 24.3 Å². The van der Waals surface area contributed by atoms with Gasteiger partial charge < -0.3 is 19.5 Å². The molecule has 0 atom stereocenters. The topological polar surface area (TPSA) is 87.5 Å². The van der Waals surface area contributed by atoms with Gasteiger partial charge in [0.2, 0.25) is 5.69 Å². The highest BCUT2D eigenvalue weighted by Crippen LogP contribution is 2.34. The zero-order valence-corrected chi connectivity index (χ0v) is 21.0. The second-order valence-corrected chi connectivity index (χ2v) is 8.32. The van der Waals surface area contributed by atoms with E-state index in [4.69, 9.17) is 21.1 Å². The molecule has 8 nitrogen and oxygen atoms in total. The zero-order chi connectivity index (χ0) is 27.3. The molecule has 38 heavy (non-hydrogen) atoms. The summed E-state index contributed by atoms with van der Waals surface area (Å²) in [6, 6.07) is 18.4. The van der Waals surface area contributed by atoms with Crippen LogP contribution in [0, 0.1) is 0 Å². The first-order valence-corrected chi connectivity index (χ1v) is 11.7. The fourth-order valence-electron chi connectivity index (χ4n) is 3.56. The molecule has 12 heteroatoms. The van der Waals surface area contributed by atoms with Crippen molar-refractivity contribution in [2.75, 3.05) is 19.0 Å². The summed E-state index contributed by atoms with van der Waals surface area (Å²) in [6.45, 7) is 2.19. The van der Waals surface area contributed by atoms with Gasteiger partial charge in [0.25, 0.3) is 0 Å². The highest BCUT2D eigenvalue weighted by molar-refractivity contribution is 6.32. The van der Waals surface area contributed by atoms with Crippen molar-refractivity contribution in [2.45, 2.75) is 19.8 Å². The third kappa shape index (κ3) is 6.54. The van der Waals surface area contributed by atoms with Crippen LogP contribution in [0.15, 0.2) is 66.7 Å². The molecule has 0 spiro atoms. The Hall–Kier alpha value is -4.25. The van der Waals surface area contributed by atoms with Gasteiger partial charge in [0, 0.05) is 5.69 Å². The molecule has 0 saturated carbocycles. The number of nitrogens with one attached hydrogen (secondary N) is 1. The Bertz CT molecular complexity index is 1410. The second-order valence-electron chi connectivity index (χ2n) is 7.91. The molecular formula is C26H22ClF3N4O4. The molecule has 1 aromatic heterocycles. The standard InChI is InChI=1S/C26H22ClF3N4O4/c1-3-37-25(35)23-24(34(33-32-23)15-16-4-11-20(36-2)12-5-16)31-19-9-6-17(7-10-19)18-8-13-22(21(27)14-18)38-26(28,29)30/h4-14,31H,3,15H2,1-2H3. The lowest BCUT2D eigenvalue weighted by atomic mass is 10.1. The summed E-state index contributed by atoms with van der Waals surface area (Å²) >= 11 is 5.98. The van der Waals surface area contributed by atoms with Crippen LogP contribution in [0.2, 0.25) is 5.02 Å². The Morgan fingerprint density at radius 2 is 1.71 bits per heavy atom. The smallest absolute Gasteiger partial charge is 0.497 e. The minimum absolute atomic E-state index is 0.0245. The highest BCUT2D eigenvalue weighted by atomic mass is 35.5. The van der Waals surface area contributed by atoms with Crippen molar-refractivity contribution in [3.8, 4) is 22.6 Å². The number of alkyl halides is 3. The fourth-order valence-corrected chi connectivity index (χ4v) is 3.78. The van der Waals surface area contributed by atoms with E-state index in [2.05, 4.69) is 20.4 Å². The van der Waals surface area contributed by atoms with E-state index in [1.54, 1.807) is 43.0 Å². The van der Waals surface area contributed by atoms with E-state index < -0.39 is 18.1 Å². The van der Waals surface area contributed by atoms with Gasteiger partial charge in [0.15, 0.2) is 5.82 Å². The summed E-state index contributed by atoms with van der Waals surface area (Å²) in [5.41, 5.74) is 2.83. The van der Waals surface area contributed by atoms with Crippen LogP contribution in [0.25, 0.3) is 11.1 Å². The summed E-state index contributed by atoms with van der Waals surface area (Å²) in [6.07, 6.45) is -4.84. The number of hydrogen-bond donors (Lipinski definition) is 1. The van der Waals surface area contributed by atoms with Crippen LogP contribution in [0.1, 0.15) is 23.0 Å². The van der Waals surface area contributed by atoms with Gasteiger partial charge in [-0.3, -0.25) is 0 Å². The fraction of sp³-hybridized carbons (Fsp3) is 0.192. The largest absolute Gasteiger partial charge is 0.573 e. The van der Waals surface area contributed by atoms with Gasteiger partial charge in [-0.05, 0) is 60.0 Å². The predicted octanol–water partition coefficient (Wildman–Crippen LogP) is 6.47. The van der Waals surface area contributed by atoms with Crippen molar-refractivity contribution in [3.05, 3.63) is 83.0 Å². The second kappa shape index (κ2) is 11.4. The number of aromatic nitrogens is 3. The molecule has 0 aliphatic carbocycles. The maximum absolute atomic E-state index is 12.5. The van der Waals surface area contributed by atoms with Gasteiger partial charge in [-0.1, -0.05) is 47.1 Å². The molecule has 0 unspecified atom stereocenters. The molecule has 1 heterocycles. The normalized spacial score (nSPS) is 11.2. The molecule has 4 aromatic rings. The van der Waals surface area contributed by atoms with Crippen LogP contribution in [0.5, 0.6) is 11.5 Å². The number of anilines is 2. The Morgan fingerprint density at radius 3 is 2.32 bits per heavy atom. The average Bonchev–Trinajstić information content (AvgIpc) is 3.27. The third-order valence-electron chi connectivity index (χ3n) is 5.33. The molecule has 0 bridgehead atoms. The molecule has 3 aromatic carbocycles. The van der Waals surface area contributed by atoms with Crippen LogP contribution >= 0.6 is 11.6 Å². The summed E-state index contributed by atoms with van der Waals surface area (Å²) in [5.74, 6) is -0.0563. The SMILES string of the molecule is CCOC(=O)c1nnn(Cc2ccc(OC)cc2)c1Nc1ccc(-c2ccc(OC(F)(F)F)c(Cl)c2)cc1. The number of methoxy groups -OCH3 is 1. The first-order chi connectivity index (χ1) is 18.2. The molecule has 0 amide bonds. The molecule has 198 valence electrons. The molecule has 4 rings (SSSR count). The maximum atomic E-state index is 12.5. The molecule has 0 aliphatic heterocycles. The van der Waals surface area contributed by atoms with Gasteiger partial charge in [-0.2, -0.15) is 0 Å². The van der Waals surface area contributed by atoms with Crippen LogP contribution in [-0.2, 0) is 11.3 Å². The average molecular weight is 547 g/mol. The lowest BCUT2D eigenvalue weighted by Gasteiger charge is -2.13. The Balaban J connectivity index is 1.57. The first-order valence-electron chi connectivity index (χ1n) is 11.3. The monoisotopic (exact) mass is 546 g/mol. The quantitative estimate of drug-likeness (QED) is 0.241. The number of hydrogen-bond acceptors (Lipinski definition) is 7. The summed E-state index contributed by atoms with van der Waals surface area (Å²) in [7, 11) is 1.58. The number of benzene rings is 3. The van der Waals surface area contributed by atoms with Crippen molar-refractivity contribution in [1.29, 1.82) is 0 Å². The molecule has 0 aliphatic rings. The van der Waals surface area contributed by atoms with Gasteiger partial charge in [-0.15, -0.1) is 18.3 Å². The Labute approximate surface area is 220 Å². The van der Waals surface area contributed by atoms with Gasteiger partial charge >= 0.3 is 12.3 Å². The minimum Gasteiger partial charge on any atom is -0.497 e. The predicted molar refractivity (Wildman–Crippen MR) is 135 cm³/mol. The number of ether oxygens (including phenoxy) is 3. The number of carbonyl (C=O) groups is 1. The summed E-state index contributed by atoms with van der Waals surface area (Å²) in [5, 5.41) is 11.1. The van der Waals surface area contributed by atoms with Crippen molar-refractivity contribution in [2.24, 2.45) is 0 Å². The maximum Gasteiger partial charge on any atom is 0.573 e. The number of halogens is 4. The minimum atomic E-state index is -4.84. The van der Waals surface area contributed by atoms with Crippen LogP contribution in [-0.4, -0.2) is 41.0 Å². The van der Waals surface area contributed by atoms with E-state index in [0.717, 1.165) is 11.6 Å². The van der Waals surface area contributed by atoms with Crippen molar-refractivity contribution < 1.29 is 32.2 Å². The summed E-state index contributed by atoms with van der Waals surface area (Å²) in [4.78, 5) is 12.5. The van der Waals surface area contributed by atoms with Gasteiger partial charge in [-0.25, -0.2) is 9.48 Å². The molecule has 0 radical (unpaired) electrons. The van der Waals surface area contributed by atoms with E-state index in [0.29, 0.717) is 34.9 Å². The van der Waals surface area contributed by atoms with Crippen molar-refractivity contribution >= 4 is 29.1 Å². The number of esters is 1. The lowest BCUT2D eigenvalue weighted by molar-refractivity contribution is -0.274. The highest BCUT2D eigenvalue weighted by Gasteiger charge is 2.32. The van der Waals surface area contributed by atoms with E-state index in [1.165, 1.54) is 12.1 Å². The number of nitrogens with zero attached hydrogens (tertiary/aromatic N) is 3. The van der Waals surface area contributed by atoms with E-state index in [-0.39, 0.29) is 17.3 Å². The van der Waals surface area contributed by atoms with E-state index >= 15 is 0 Å². The Morgan fingerprint density at radius 1 is 1.03 bits per heavy atom. The molecule has 0 saturated heterocycles. The first kappa shape index (κ1) is 26.8. The number of carbonyl (C=O) groups excluding carboxylic acids is 1. The number of rotatable bonds is 9. The third-order valence-corrected chi connectivity index (χ3v) is 5.63. The van der Waals surface area contributed by atoms with Crippen molar-refractivity contribution in [3.63, 3.8) is 0 Å². The Kier molecular flexibility index (Phi) is 8.06. The molecule has 1 N–H and O–H groups in total. The van der Waals surface area contributed by atoms with Gasteiger partial charge in [0.05, 0.1) is 25.3 Å². The van der Waals surface area contributed by atoms with Crippen LogP contribution in [0.4, 0.5) is 24.7 Å². The van der Waals surface area contributed by atoms with Gasteiger partial charge in [0.1, 0.15) is 11.5 Å². The zero-order valence-electron chi connectivity index (χ0n) is 20.3. The summed E-state index contributed by atoms with van der Waals surface area (Å²) < 4.78 is 53.3. The lowest BCUT2D eigenvalue weighted by Crippen LogP contribution is -2.17. The van der Waals surface area contributed by atoms with Crippen LogP contribution in [0.3, 0.4) is 0 Å². The molecule has 0 fully saturated rings. The molecular weight excluding hydrogens is 525 g/mol.